The van der Waals surface area contributed by atoms with E-state index in [2.05, 4.69) is 10.3 Å². The molecule has 1 aromatic carbocycles. The highest BCUT2D eigenvalue weighted by molar-refractivity contribution is 6.07. The molecular formula is C15H16N4O. The van der Waals surface area contributed by atoms with E-state index < -0.39 is 0 Å². The number of aromatic nitrogens is 1. The number of amides is 2. The molecule has 102 valence electrons. The van der Waals surface area contributed by atoms with Crippen LogP contribution in [0.4, 0.5) is 4.79 Å². The molecule has 0 aliphatic carbocycles. The smallest absolute Gasteiger partial charge is 0.310 e. The van der Waals surface area contributed by atoms with Crippen LogP contribution in [0.3, 0.4) is 0 Å². The molecule has 5 nitrogen and oxygen atoms in total. The minimum Gasteiger partial charge on any atom is -0.310 e. The van der Waals surface area contributed by atoms with Gasteiger partial charge in [0.05, 0.1) is 5.52 Å². The van der Waals surface area contributed by atoms with E-state index in [9.17, 15) is 4.79 Å². The summed E-state index contributed by atoms with van der Waals surface area (Å²) in [5.74, 6) is 0.224. The van der Waals surface area contributed by atoms with Crippen LogP contribution < -0.4 is 5.32 Å². The second kappa shape index (κ2) is 4.92. The Labute approximate surface area is 117 Å². The van der Waals surface area contributed by atoms with E-state index in [0.717, 1.165) is 22.9 Å². The van der Waals surface area contributed by atoms with Crippen molar-refractivity contribution in [1.29, 1.82) is 5.41 Å². The molecule has 2 heterocycles. The van der Waals surface area contributed by atoms with Crippen LogP contribution in [0, 0.1) is 5.41 Å². The Morgan fingerprint density at radius 3 is 2.95 bits per heavy atom. The van der Waals surface area contributed by atoms with Crippen molar-refractivity contribution < 1.29 is 4.79 Å². The summed E-state index contributed by atoms with van der Waals surface area (Å²) < 4.78 is 0. The average Bonchev–Trinajstić information content (AvgIpc) is 2.73. The molecule has 1 aliphatic rings. The highest BCUT2D eigenvalue weighted by Crippen LogP contribution is 2.30. The molecule has 1 aromatic heterocycles. The van der Waals surface area contributed by atoms with Gasteiger partial charge in [-0.05, 0) is 12.5 Å². The van der Waals surface area contributed by atoms with Crippen molar-refractivity contribution in [1.82, 2.24) is 15.2 Å². The van der Waals surface area contributed by atoms with Gasteiger partial charge in [-0.2, -0.15) is 0 Å². The quantitative estimate of drug-likeness (QED) is 0.898. The van der Waals surface area contributed by atoms with Gasteiger partial charge in [-0.25, -0.2) is 4.79 Å². The van der Waals surface area contributed by atoms with Gasteiger partial charge in [-0.1, -0.05) is 31.2 Å². The van der Waals surface area contributed by atoms with E-state index in [0.29, 0.717) is 6.54 Å². The van der Waals surface area contributed by atoms with E-state index in [-0.39, 0.29) is 17.9 Å². The van der Waals surface area contributed by atoms with E-state index in [1.165, 1.54) is 0 Å². The molecule has 1 saturated heterocycles. The Morgan fingerprint density at radius 2 is 2.15 bits per heavy atom. The van der Waals surface area contributed by atoms with Crippen molar-refractivity contribution in [2.45, 2.75) is 19.4 Å². The summed E-state index contributed by atoms with van der Waals surface area (Å²) in [5, 5.41) is 11.7. The Kier molecular flexibility index (Phi) is 3.10. The van der Waals surface area contributed by atoms with Crippen LogP contribution in [0.2, 0.25) is 0 Å². The minimum absolute atomic E-state index is 0.199. The highest BCUT2D eigenvalue weighted by Gasteiger charge is 2.37. The molecule has 0 radical (unpaired) electrons. The third kappa shape index (κ3) is 1.91. The van der Waals surface area contributed by atoms with Crippen LogP contribution in [0.25, 0.3) is 10.9 Å². The number of hydrogen-bond donors (Lipinski definition) is 2. The Hall–Kier alpha value is -2.43. The predicted molar refractivity (Wildman–Crippen MR) is 77.7 cm³/mol. The zero-order valence-electron chi connectivity index (χ0n) is 11.3. The lowest BCUT2D eigenvalue weighted by Crippen LogP contribution is -2.30. The maximum atomic E-state index is 11.9. The molecule has 1 atom stereocenters. The fraction of sp³-hybridized carbons (Fsp3) is 0.267. The number of carbonyl (C=O) groups is 1. The first kappa shape index (κ1) is 12.6. The molecular weight excluding hydrogens is 252 g/mol. The van der Waals surface area contributed by atoms with Crippen LogP contribution in [-0.4, -0.2) is 28.3 Å². The van der Waals surface area contributed by atoms with E-state index in [1.54, 1.807) is 11.1 Å². The number of carbonyl (C=O) groups excluding carboxylic acids is 1. The summed E-state index contributed by atoms with van der Waals surface area (Å²) in [6.45, 7) is 2.65. The molecule has 2 N–H and O–H groups in total. The summed E-state index contributed by atoms with van der Waals surface area (Å²) in [5.41, 5.74) is 1.75. The van der Waals surface area contributed by atoms with Crippen LogP contribution in [-0.2, 0) is 0 Å². The summed E-state index contributed by atoms with van der Waals surface area (Å²) >= 11 is 0. The lowest BCUT2D eigenvalue weighted by molar-refractivity contribution is 0.206. The first-order valence-electron chi connectivity index (χ1n) is 6.72. The number of nitrogens with one attached hydrogen (secondary N) is 2. The number of urea groups is 1. The van der Waals surface area contributed by atoms with E-state index in [1.807, 2.05) is 37.3 Å². The van der Waals surface area contributed by atoms with Gasteiger partial charge < -0.3 is 4.90 Å². The van der Waals surface area contributed by atoms with Crippen LogP contribution >= 0.6 is 0 Å². The van der Waals surface area contributed by atoms with Crippen molar-refractivity contribution >= 4 is 22.8 Å². The summed E-state index contributed by atoms with van der Waals surface area (Å²) in [6, 6.07) is 9.19. The monoisotopic (exact) mass is 268 g/mol. The largest absolute Gasteiger partial charge is 0.323 e. The highest BCUT2D eigenvalue weighted by atomic mass is 16.2. The summed E-state index contributed by atoms with van der Waals surface area (Å²) in [7, 11) is 0. The van der Waals surface area contributed by atoms with E-state index in [4.69, 9.17) is 5.41 Å². The van der Waals surface area contributed by atoms with Crippen LogP contribution in [0.5, 0.6) is 0 Å². The topological polar surface area (TPSA) is 69.1 Å². The second-order valence-corrected chi connectivity index (χ2v) is 4.86. The molecule has 5 heteroatoms. The maximum absolute atomic E-state index is 11.9. The average molecular weight is 268 g/mol. The van der Waals surface area contributed by atoms with Crippen molar-refractivity contribution in [3.8, 4) is 0 Å². The molecule has 2 aromatic rings. The van der Waals surface area contributed by atoms with E-state index >= 15 is 0 Å². The third-order valence-corrected chi connectivity index (χ3v) is 3.51. The first-order valence-corrected chi connectivity index (χ1v) is 6.72. The van der Waals surface area contributed by atoms with Crippen molar-refractivity contribution in [3.05, 3.63) is 42.1 Å². The Bertz CT molecular complexity index is 677. The van der Waals surface area contributed by atoms with Crippen LogP contribution in [0.1, 0.15) is 24.9 Å². The third-order valence-electron chi connectivity index (χ3n) is 3.51. The standard InChI is InChI=1S/C15H16N4O/c1-2-9-19-13(14(16)18-15(19)20)11-7-3-5-10-6-4-8-17-12(10)11/h3-8,13H,2,9H2,1H3,(H2,16,18,20). The number of nitrogens with zero attached hydrogens (tertiary/aromatic N) is 2. The molecule has 1 unspecified atom stereocenters. The zero-order chi connectivity index (χ0) is 14.1. The Morgan fingerprint density at radius 1 is 1.35 bits per heavy atom. The molecule has 1 fully saturated rings. The van der Waals surface area contributed by atoms with Gasteiger partial charge in [0.25, 0.3) is 0 Å². The number of rotatable bonds is 3. The Balaban J connectivity index is 2.13. The van der Waals surface area contributed by atoms with Gasteiger partial charge in [-0.15, -0.1) is 0 Å². The number of para-hydroxylation sites is 1. The van der Waals surface area contributed by atoms with Crippen molar-refractivity contribution in [2.24, 2.45) is 0 Å². The van der Waals surface area contributed by atoms with Gasteiger partial charge in [0.1, 0.15) is 11.9 Å². The molecule has 2 amide bonds. The maximum Gasteiger partial charge on any atom is 0.323 e. The van der Waals surface area contributed by atoms with Gasteiger partial charge >= 0.3 is 6.03 Å². The second-order valence-electron chi connectivity index (χ2n) is 4.86. The fourth-order valence-corrected chi connectivity index (χ4v) is 2.67. The molecule has 0 bridgehead atoms. The molecule has 1 aliphatic heterocycles. The number of fused-ring (bicyclic) bond motifs is 1. The van der Waals surface area contributed by atoms with Gasteiger partial charge in [0, 0.05) is 23.7 Å². The zero-order valence-corrected chi connectivity index (χ0v) is 11.3. The lowest BCUT2D eigenvalue weighted by atomic mass is 10.0. The summed E-state index contributed by atoms with van der Waals surface area (Å²) in [4.78, 5) is 18.1. The first-order chi connectivity index (χ1) is 9.72. The van der Waals surface area contributed by atoms with Gasteiger partial charge in [0.15, 0.2) is 0 Å². The minimum atomic E-state index is -0.360. The van der Waals surface area contributed by atoms with Crippen molar-refractivity contribution in [2.75, 3.05) is 6.54 Å². The lowest BCUT2D eigenvalue weighted by Gasteiger charge is -2.23. The van der Waals surface area contributed by atoms with Gasteiger partial charge in [-0.3, -0.25) is 15.7 Å². The summed E-state index contributed by atoms with van der Waals surface area (Å²) in [6.07, 6.45) is 2.60. The number of hydrogen-bond acceptors (Lipinski definition) is 3. The normalized spacial score (nSPS) is 18.6. The fourth-order valence-electron chi connectivity index (χ4n) is 2.67. The van der Waals surface area contributed by atoms with Gasteiger partial charge in [0.2, 0.25) is 0 Å². The van der Waals surface area contributed by atoms with Crippen LogP contribution in [0.15, 0.2) is 36.5 Å². The molecule has 0 spiro atoms. The number of benzene rings is 1. The molecule has 3 rings (SSSR count). The molecule has 20 heavy (non-hydrogen) atoms. The van der Waals surface area contributed by atoms with Crippen molar-refractivity contribution in [3.63, 3.8) is 0 Å². The number of amidine groups is 1. The predicted octanol–water partition coefficient (Wildman–Crippen LogP) is 2.69. The number of pyridine rings is 1. The SMILES string of the molecule is CCCN1C(=O)NC(=N)C1c1cccc2cccnc12. The molecule has 0 saturated carbocycles.